The Bertz CT molecular complexity index is 1240. The van der Waals surface area contributed by atoms with Crippen LogP contribution in [-0.4, -0.2) is 31.0 Å². The minimum Gasteiger partial charge on any atom is -0.507 e. The second kappa shape index (κ2) is 10.4. The van der Waals surface area contributed by atoms with Crippen molar-refractivity contribution in [3.05, 3.63) is 90.0 Å². The monoisotopic (exact) mass is 458 g/mol. The molecule has 0 unspecified atom stereocenters. The van der Waals surface area contributed by atoms with E-state index in [1.54, 1.807) is 12.1 Å². The highest BCUT2D eigenvalue weighted by Gasteiger charge is 2.22. The van der Waals surface area contributed by atoms with Crippen LogP contribution in [0.3, 0.4) is 0 Å². The topological polar surface area (TPSA) is 80.0 Å². The first-order chi connectivity index (χ1) is 16.0. The highest BCUT2D eigenvalue weighted by Crippen LogP contribution is 2.32. The zero-order valence-corrected chi connectivity index (χ0v) is 19.4. The van der Waals surface area contributed by atoms with Gasteiger partial charge in [-0.2, -0.15) is 0 Å². The Balaban J connectivity index is 1.58. The number of amides is 1. The largest absolute Gasteiger partial charge is 0.507 e. The number of para-hydroxylation sites is 2. The van der Waals surface area contributed by atoms with E-state index >= 15 is 0 Å². The number of phenolic OH excluding ortho intramolecular Hbond substituents is 1. The number of aromatic nitrogens is 3. The molecule has 1 aromatic heterocycles. The first-order valence-electron chi connectivity index (χ1n) is 10.8. The summed E-state index contributed by atoms with van der Waals surface area (Å²) in [6.07, 6.45) is 0.775. The van der Waals surface area contributed by atoms with E-state index in [0.717, 1.165) is 17.7 Å². The second-order valence-electron chi connectivity index (χ2n) is 7.77. The summed E-state index contributed by atoms with van der Waals surface area (Å²) in [7, 11) is 0. The smallest absolute Gasteiger partial charge is 0.237 e. The molecule has 0 aliphatic rings. The molecule has 0 saturated carbocycles. The Kier molecular flexibility index (Phi) is 7.10. The Labute approximate surface area is 197 Å². The summed E-state index contributed by atoms with van der Waals surface area (Å²) in [4.78, 5) is 12.9. The lowest BCUT2D eigenvalue weighted by Crippen LogP contribution is -2.23. The molecule has 7 heteroatoms. The number of carbonyl (C=O) groups excluding carboxylic acids is 1. The van der Waals surface area contributed by atoms with Crippen LogP contribution >= 0.6 is 11.8 Å². The molecule has 2 N–H and O–H groups in total. The van der Waals surface area contributed by atoms with E-state index < -0.39 is 0 Å². The lowest BCUT2D eigenvalue weighted by Gasteiger charge is -2.15. The predicted octanol–water partition coefficient (Wildman–Crippen LogP) is 5.32. The van der Waals surface area contributed by atoms with Crippen molar-refractivity contribution >= 4 is 23.4 Å². The molecule has 1 amide bonds. The molecular formula is C26H26N4O2S. The van der Waals surface area contributed by atoms with Crippen molar-refractivity contribution in [3.63, 3.8) is 0 Å². The second-order valence-corrected chi connectivity index (χ2v) is 9.08. The number of hydrogen-bond donors (Lipinski definition) is 2. The quantitative estimate of drug-likeness (QED) is 0.349. The lowest BCUT2D eigenvalue weighted by atomic mass is 10.1. The molecule has 0 aliphatic heterocycles. The average molecular weight is 459 g/mol. The molecule has 0 spiro atoms. The van der Waals surface area contributed by atoms with Crippen molar-refractivity contribution in [3.8, 4) is 17.1 Å². The number of aryl methyl sites for hydroxylation is 2. The Morgan fingerprint density at radius 3 is 2.45 bits per heavy atom. The van der Waals surface area contributed by atoms with Crippen LogP contribution < -0.4 is 5.32 Å². The normalized spacial score (nSPS) is 11.8. The van der Waals surface area contributed by atoms with Gasteiger partial charge in [0, 0.05) is 12.2 Å². The van der Waals surface area contributed by atoms with E-state index in [0.29, 0.717) is 23.1 Å². The SMILES string of the molecule is Cc1ccccc1NC(=O)[C@H](C)Sc1nnc(-c2ccccc2O)n1CCc1ccccc1. The van der Waals surface area contributed by atoms with Gasteiger partial charge in [-0.05, 0) is 49.6 Å². The third kappa shape index (κ3) is 5.43. The van der Waals surface area contributed by atoms with Gasteiger partial charge in [-0.1, -0.05) is 72.4 Å². The van der Waals surface area contributed by atoms with Crippen LogP contribution in [-0.2, 0) is 17.8 Å². The Morgan fingerprint density at radius 1 is 1.00 bits per heavy atom. The Hall–Kier alpha value is -3.58. The van der Waals surface area contributed by atoms with E-state index in [4.69, 9.17) is 0 Å². The van der Waals surface area contributed by atoms with Gasteiger partial charge in [0.05, 0.1) is 10.8 Å². The van der Waals surface area contributed by atoms with Crippen molar-refractivity contribution in [2.45, 2.75) is 37.2 Å². The molecule has 0 aliphatic carbocycles. The van der Waals surface area contributed by atoms with Crippen LogP contribution in [0, 0.1) is 6.92 Å². The summed E-state index contributed by atoms with van der Waals surface area (Å²) < 4.78 is 1.98. The highest BCUT2D eigenvalue weighted by molar-refractivity contribution is 8.00. The predicted molar refractivity (Wildman–Crippen MR) is 132 cm³/mol. The minimum atomic E-state index is -0.387. The number of aromatic hydroxyl groups is 1. The van der Waals surface area contributed by atoms with Gasteiger partial charge in [0.25, 0.3) is 0 Å². The third-order valence-electron chi connectivity index (χ3n) is 5.38. The zero-order chi connectivity index (χ0) is 23.2. The molecule has 0 fully saturated rings. The van der Waals surface area contributed by atoms with Crippen LogP contribution in [0.2, 0.25) is 0 Å². The number of nitrogens with one attached hydrogen (secondary N) is 1. The summed E-state index contributed by atoms with van der Waals surface area (Å²) in [5, 5.41) is 22.4. The highest BCUT2D eigenvalue weighted by atomic mass is 32.2. The molecule has 1 heterocycles. The van der Waals surface area contributed by atoms with Gasteiger partial charge in [-0.25, -0.2) is 0 Å². The number of rotatable bonds is 8. The summed E-state index contributed by atoms with van der Waals surface area (Å²) in [5.74, 6) is 0.627. The Morgan fingerprint density at radius 2 is 1.70 bits per heavy atom. The maximum Gasteiger partial charge on any atom is 0.237 e. The molecule has 6 nitrogen and oxygen atoms in total. The summed E-state index contributed by atoms with van der Waals surface area (Å²) >= 11 is 1.36. The number of thioether (sulfide) groups is 1. The van der Waals surface area contributed by atoms with Gasteiger partial charge in [0.15, 0.2) is 11.0 Å². The number of nitrogens with zero attached hydrogens (tertiary/aromatic N) is 3. The standard InChI is InChI=1S/C26H26N4O2S/c1-18-10-6-8-14-22(18)27-25(32)19(2)33-26-29-28-24(21-13-7-9-15-23(21)31)30(26)17-16-20-11-4-3-5-12-20/h3-15,19,31H,16-17H2,1-2H3,(H,27,32)/t19-/m0/s1. The fourth-order valence-corrected chi connectivity index (χ4v) is 4.36. The maximum atomic E-state index is 12.9. The number of phenols is 1. The van der Waals surface area contributed by atoms with Crippen molar-refractivity contribution in [1.29, 1.82) is 0 Å². The first kappa shape index (κ1) is 22.6. The molecule has 168 valence electrons. The van der Waals surface area contributed by atoms with E-state index in [1.165, 1.54) is 17.3 Å². The fraction of sp³-hybridized carbons (Fsp3) is 0.192. The molecule has 4 rings (SSSR count). The van der Waals surface area contributed by atoms with Crippen LogP contribution in [0.4, 0.5) is 5.69 Å². The molecule has 1 atom stereocenters. The van der Waals surface area contributed by atoms with Crippen LogP contribution in [0.15, 0.2) is 84.0 Å². The number of anilines is 1. The molecule has 4 aromatic rings. The lowest BCUT2D eigenvalue weighted by molar-refractivity contribution is -0.115. The van der Waals surface area contributed by atoms with E-state index in [-0.39, 0.29) is 16.9 Å². The molecule has 33 heavy (non-hydrogen) atoms. The molecule has 0 radical (unpaired) electrons. The van der Waals surface area contributed by atoms with E-state index in [2.05, 4.69) is 27.6 Å². The van der Waals surface area contributed by atoms with Crippen molar-refractivity contribution in [1.82, 2.24) is 14.8 Å². The van der Waals surface area contributed by atoms with Crippen molar-refractivity contribution in [2.24, 2.45) is 0 Å². The van der Waals surface area contributed by atoms with Crippen LogP contribution in [0.25, 0.3) is 11.4 Å². The third-order valence-corrected chi connectivity index (χ3v) is 6.46. The number of hydrogen-bond acceptors (Lipinski definition) is 5. The molecular weight excluding hydrogens is 432 g/mol. The fourth-order valence-electron chi connectivity index (χ4n) is 3.48. The number of carbonyl (C=O) groups is 1. The van der Waals surface area contributed by atoms with Gasteiger partial charge in [0.1, 0.15) is 5.75 Å². The number of benzene rings is 3. The van der Waals surface area contributed by atoms with Crippen LogP contribution in [0.1, 0.15) is 18.1 Å². The zero-order valence-electron chi connectivity index (χ0n) is 18.6. The summed E-state index contributed by atoms with van der Waals surface area (Å²) in [6, 6.07) is 25.0. The summed E-state index contributed by atoms with van der Waals surface area (Å²) in [6.45, 7) is 4.44. The van der Waals surface area contributed by atoms with Gasteiger partial charge < -0.3 is 15.0 Å². The first-order valence-corrected chi connectivity index (χ1v) is 11.7. The van der Waals surface area contributed by atoms with Crippen molar-refractivity contribution < 1.29 is 9.90 Å². The average Bonchev–Trinajstić information content (AvgIpc) is 3.22. The van der Waals surface area contributed by atoms with Crippen LogP contribution in [0.5, 0.6) is 5.75 Å². The van der Waals surface area contributed by atoms with Gasteiger partial charge in [-0.3, -0.25) is 4.79 Å². The van der Waals surface area contributed by atoms with E-state index in [9.17, 15) is 9.90 Å². The van der Waals surface area contributed by atoms with Gasteiger partial charge in [0.2, 0.25) is 5.91 Å². The molecule has 0 bridgehead atoms. The van der Waals surface area contributed by atoms with Crippen molar-refractivity contribution in [2.75, 3.05) is 5.32 Å². The van der Waals surface area contributed by atoms with E-state index in [1.807, 2.05) is 73.0 Å². The molecule has 0 saturated heterocycles. The molecule has 3 aromatic carbocycles. The minimum absolute atomic E-state index is 0.101. The van der Waals surface area contributed by atoms with Gasteiger partial charge >= 0.3 is 0 Å². The van der Waals surface area contributed by atoms with Gasteiger partial charge in [-0.15, -0.1) is 10.2 Å². The summed E-state index contributed by atoms with van der Waals surface area (Å²) in [5.41, 5.74) is 3.61. The maximum absolute atomic E-state index is 12.9.